The Bertz CT molecular complexity index is 318. The van der Waals surface area contributed by atoms with Crippen LogP contribution in [0.1, 0.15) is 61.3 Å². The monoisotopic (exact) mass is 287 g/mol. The molecule has 0 rings (SSSR count). The Morgan fingerprint density at radius 3 is 2.00 bits per heavy atom. The Morgan fingerprint density at radius 1 is 1.05 bits per heavy atom. The van der Waals surface area contributed by atoms with Crippen LogP contribution in [0.25, 0.3) is 0 Å². The zero-order valence-corrected chi connectivity index (χ0v) is 13.8. The minimum absolute atomic E-state index is 0.225. The maximum Gasteiger partial charge on any atom is 0.338 e. The molecular weight excluding hydrogens is 258 g/mol. The first kappa shape index (κ1) is 18.9. The van der Waals surface area contributed by atoms with Gasteiger partial charge in [-0.3, -0.25) is 9.63 Å². The van der Waals surface area contributed by atoms with Crippen molar-refractivity contribution in [1.82, 2.24) is 5.48 Å². The standard InChI is InChI=1S/C15H29NO4/c1-10(2)8-12(14(18)19-15(5,6)7)20-16-13(17)9-11(3)4/h10-12H,8-9H2,1-7H3,(H,16,17)/t12-/m1/s1. The van der Waals surface area contributed by atoms with E-state index in [-0.39, 0.29) is 17.7 Å². The van der Waals surface area contributed by atoms with E-state index < -0.39 is 17.7 Å². The SMILES string of the molecule is CC(C)CC(=O)NO[C@H](CC(C)C)C(=O)OC(C)(C)C. The lowest BCUT2D eigenvalue weighted by atomic mass is 10.1. The molecule has 0 aliphatic rings. The highest BCUT2D eigenvalue weighted by molar-refractivity contribution is 5.77. The molecule has 0 aromatic rings. The second-order valence-corrected chi connectivity index (χ2v) is 6.89. The van der Waals surface area contributed by atoms with E-state index in [0.717, 1.165) is 0 Å². The van der Waals surface area contributed by atoms with Gasteiger partial charge in [0.05, 0.1) is 0 Å². The van der Waals surface area contributed by atoms with Crippen molar-refractivity contribution in [2.45, 2.75) is 73.0 Å². The van der Waals surface area contributed by atoms with Crippen molar-refractivity contribution in [3.63, 3.8) is 0 Å². The molecule has 0 unspecified atom stereocenters. The second kappa shape index (κ2) is 8.25. The molecule has 0 radical (unpaired) electrons. The van der Waals surface area contributed by atoms with Gasteiger partial charge in [-0.2, -0.15) is 0 Å². The van der Waals surface area contributed by atoms with Crippen LogP contribution in [0, 0.1) is 11.8 Å². The van der Waals surface area contributed by atoms with Gasteiger partial charge in [-0.15, -0.1) is 0 Å². The van der Waals surface area contributed by atoms with Gasteiger partial charge >= 0.3 is 5.97 Å². The number of hydrogen-bond acceptors (Lipinski definition) is 4. The molecule has 0 fully saturated rings. The highest BCUT2D eigenvalue weighted by Crippen LogP contribution is 2.14. The molecule has 0 bridgehead atoms. The number of ether oxygens (including phenoxy) is 1. The Morgan fingerprint density at radius 2 is 1.60 bits per heavy atom. The van der Waals surface area contributed by atoms with Gasteiger partial charge in [-0.25, -0.2) is 10.3 Å². The minimum Gasteiger partial charge on any atom is -0.458 e. The lowest BCUT2D eigenvalue weighted by molar-refractivity contribution is -0.177. The van der Waals surface area contributed by atoms with Crippen molar-refractivity contribution in [1.29, 1.82) is 0 Å². The Balaban J connectivity index is 4.49. The fraction of sp³-hybridized carbons (Fsp3) is 0.867. The maximum absolute atomic E-state index is 12.0. The zero-order valence-electron chi connectivity index (χ0n) is 13.8. The lowest BCUT2D eigenvalue weighted by Gasteiger charge is -2.24. The fourth-order valence-electron chi connectivity index (χ4n) is 1.54. The van der Waals surface area contributed by atoms with Crippen molar-refractivity contribution in [2.75, 3.05) is 0 Å². The molecular formula is C15H29NO4. The average Bonchev–Trinajstić information content (AvgIpc) is 2.19. The summed E-state index contributed by atoms with van der Waals surface area (Å²) >= 11 is 0. The number of amides is 1. The van der Waals surface area contributed by atoms with Crippen LogP contribution >= 0.6 is 0 Å². The molecule has 1 amide bonds. The molecule has 0 saturated carbocycles. The fourth-order valence-corrected chi connectivity index (χ4v) is 1.54. The molecule has 118 valence electrons. The molecule has 0 saturated heterocycles. The molecule has 20 heavy (non-hydrogen) atoms. The molecule has 5 heteroatoms. The lowest BCUT2D eigenvalue weighted by Crippen LogP contribution is -2.39. The van der Waals surface area contributed by atoms with E-state index in [1.165, 1.54) is 0 Å². The van der Waals surface area contributed by atoms with Crippen molar-refractivity contribution >= 4 is 11.9 Å². The number of carbonyl (C=O) groups excluding carboxylic acids is 2. The summed E-state index contributed by atoms with van der Waals surface area (Å²) in [6.07, 6.45) is 0.0879. The van der Waals surface area contributed by atoms with Crippen LogP contribution in [0.5, 0.6) is 0 Å². The van der Waals surface area contributed by atoms with Crippen LogP contribution in [-0.2, 0) is 19.2 Å². The van der Waals surface area contributed by atoms with Gasteiger partial charge in [-0.1, -0.05) is 27.7 Å². The van der Waals surface area contributed by atoms with E-state index in [9.17, 15) is 9.59 Å². The molecule has 0 spiro atoms. The van der Waals surface area contributed by atoms with E-state index in [1.54, 1.807) is 20.8 Å². The topological polar surface area (TPSA) is 64.6 Å². The number of hydroxylamine groups is 1. The number of nitrogens with one attached hydrogen (secondary N) is 1. The molecule has 0 heterocycles. The predicted molar refractivity (Wildman–Crippen MR) is 77.8 cm³/mol. The number of carbonyl (C=O) groups is 2. The van der Waals surface area contributed by atoms with E-state index in [2.05, 4.69) is 5.48 Å². The molecule has 5 nitrogen and oxygen atoms in total. The average molecular weight is 287 g/mol. The van der Waals surface area contributed by atoms with Gasteiger partial charge in [0.25, 0.3) is 0 Å². The minimum atomic E-state index is -0.773. The summed E-state index contributed by atoms with van der Waals surface area (Å²) < 4.78 is 5.30. The summed E-state index contributed by atoms with van der Waals surface area (Å²) in [6.45, 7) is 13.3. The quantitative estimate of drug-likeness (QED) is 0.577. The van der Waals surface area contributed by atoms with Gasteiger partial charge < -0.3 is 4.74 Å². The van der Waals surface area contributed by atoms with E-state index in [1.807, 2.05) is 27.7 Å². The van der Waals surface area contributed by atoms with E-state index in [4.69, 9.17) is 9.57 Å². The molecule has 1 atom stereocenters. The van der Waals surface area contributed by atoms with Gasteiger partial charge in [0.2, 0.25) is 5.91 Å². The Kier molecular flexibility index (Phi) is 7.79. The van der Waals surface area contributed by atoms with Gasteiger partial charge in [0, 0.05) is 6.42 Å². The summed E-state index contributed by atoms with van der Waals surface area (Å²) in [4.78, 5) is 28.8. The van der Waals surface area contributed by atoms with Gasteiger partial charge in [0.15, 0.2) is 6.10 Å². The highest BCUT2D eigenvalue weighted by Gasteiger charge is 2.27. The molecule has 0 aliphatic heterocycles. The Labute approximate surface area is 122 Å². The van der Waals surface area contributed by atoms with Crippen molar-refractivity contribution in [3.8, 4) is 0 Å². The van der Waals surface area contributed by atoms with Crippen LogP contribution in [0.15, 0.2) is 0 Å². The van der Waals surface area contributed by atoms with E-state index >= 15 is 0 Å². The van der Waals surface area contributed by atoms with Crippen molar-refractivity contribution in [2.24, 2.45) is 11.8 Å². The summed E-state index contributed by atoms with van der Waals surface area (Å²) in [6, 6.07) is 0. The third-order valence-electron chi connectivity index (χ3n) is 2.26. The zero-order chi connectivity index (χ0) is 15.9. The maximum atomic E-state index is 12.0. The van der Waals surface area contributed by atoms with Crippen molar-refractivity contribution < 1.29 is 19.2 Å². The largest absolute Gasteiger partial charge is 0.458 e. The first-order valence-corrected chi connectivity index (χ1v) is 7.18. The van der Waals surface area contributed by atoms with Crippen LogP contribution in [-0.4, -0.2) is 23.6 Å². The predicted octanol–water partition coefficient (Wildman–Crippen LogP) is 2.84. The van der Waals surface area contributed by atoms with Gasteiger partial charge in [-0.05, 0) is 39.0 Å². The molecule has 0 aliphatic carbocycles. The summed E-state index contributed by atoms with van der Waals surface area (Å²) in [5, 5.41) is 0. The van der Waals surface area contributed by atoms with Crippen LogP contribution < -0.4 is 5.48 Å². The number of esters is 1. The van der Waals surface area contributed by atoms with Crippen molar-refractivity contribution in [3.05, 3.63) is 0 Å². The first-order valence-electron chi connectivity index (χ1n) is 7.18. The van der Waals surface area contributed by atoms with Gasteiger partial charge in [0.1, 0.15) is 5.60 Å². The van der Waals surface area contributed by atoms with Crippen LogP contribution in [0.2, 0.25) is 0 Å². The number of hydrogen-bond donors (Lipinski definition) is 1. The molecule has 1 N–H and O–H groups in total. The summed E-state index contributed by atoms with van der Waals surface area (Å²) in [5.41, 5.74) is 1.77. The highest BCUT2D eigenvalue weighted by atomic mass is 16.7. The third kappa shape index (κ3) is 9.78. The van der Waals surface area contributed by atoms with Crippen LogP contribution in [0.4, 0.5) is 0 Å². The Hall–Kier alpha value is -1.10. The molecule has 0 aromatic heterocycles. The van der Waals surface area contributed by atoms with E-state index in [0.29, 0.717) is 12.8 Å². The number of rotatable bonds is 7. The first-order chi connectivity index (χ1) is 9.01. The second-order valence-electron chi connectivity index (χ2n) is 6.89. The summed E-state index contributed by atoms with van der Waals surface area (Å²) in [7, 11) is 0. The van der Waals surface area contributed by atoms with Crippen LogP contribution in [0.3, 0.4) is 0 Å². The normalized spacial score (nSPS) is 13.4. The molecule has 0 aromatic carbocycles. The smallest absolute Gasteiger partial charge is 0.338 e. The third-order valence-corrected chi connectivity index (χ3v) is 2.26. The summed E-state index contributed by atoms with van der Waals surface area (Å²) in [5.74, 6) is -0.174.